The molecular weight excluding hydrogens is 428 g/mol. The Labute approximate surface area is 177 Å². The van der Waals surface area contributed by atoms with Gasteiger partial charge in [0.25, 0.3) is 0 Å². The Morgan fingerprint density at radius 2 is 1.93 bits per heavy atom. The number of rotatable bonds is 6. The molecule has 10 heteroatoms. The van der Waals surface area contributed by atoms with Crippen molar-refractivity contribution in [2.24, 2.45) is 5.14 Å². The Kier molecular flexibility index (Phi) is 5.86. The van der Waals surface area contributed by atoms with E-state index in [2.05, 4.69) is 15.3 Å². The number of nitrogens with zero attached hydrogens (tertiary/aromatic N) is 2. The topological polar surface area (TPSA) is 115 Å². The molecule has 29 heavy (non-hydrogen) atoms. The molecule has 4 rings (SSSR count). The number of nitrogens with one attached hydrogen (secondary N) is 1. The fraction of sp³-hybridized carbons (Fsp3) is 0.316. The van der Waals surface area contributed by atoms with Gasteiger partial charge in [0, 0.05) is 28.1 Å². The minimum atomic E-state index is -3.74. The first kappa shape index (κ1) is 20.3. The van der Waals surface area contributed by atoms with E-state index in [9.17, 15) is 13.2 Å². The number of thioether (sulfide) groups is 1. The van der Waals surface area contributed by atoms with Gasteiger partial charge >= 0.3 is 0 Å². The van der Waals surface area contributed by atoms with Gasteiger partial charge in [0.05, 0.1) is 4.90 Å². The minimum Gasteiger partial charge on any atom is -0.326 e. The lowest BCUT2D eigenvalue weighted by Gasteiger charge is -2.11. The Bertz CT molecular complexity index is 1160. The van der Waals surface area contributed by atoms with Crippen LogP contribution in [0.25, 0.3) is 10.2 Å². The zero-order chi connectivity index (χ0) is 20.4. The molecule has 0 saturated heterocycles. The van der Waals surface area contributed by atoms with E-state index < -0.39 is 10.0 Å². The fourth-order valence-electron chi connectivity index (χ4n) is 3.36. The molecule has 1 amide bonds. The van der Waals surface area contributed by atoms with Gasteiger partial charge in [0.2, 0.25) is 15.9 Å². The summed E-state index contributed by atoms with van der Waals surface area (Å²) in [5.41, 5.74) is 1.92. The summed E-state index contributed by atoms with van der Waals surface area (Å²) in [5, 5.41) is 9.95. The third kappa shape index (κ3) is 4.61. The number of hydrogen-bond acceptors (Lipinski definition) is 7. The van der Waals surface area contributed by atoms with Crippen molar-refractivity contribution in [1.29, 1.82) is 0 Å². The number of amides is 1. The third-order valence-electron chi connectivity index (χ3n) is 4.75. The second-order valence-electron chi connectivity index (χ2n) is 6.79. The molecule has 1 aliphatic rings. The number of benzene rings is 1. The summed E-state index contributed by atoms with van der Waals surface area (Å²) in [4.78, 5) is 23.6. The summed E-state index contributed by atoms with van der Waals surface area (Å²) >= 11 is 3.33. The number of fused-ring (bicyclic) bond motifs is 3. The van der Waals surface area contributed by atoms with Gasteiger partial charge in [-0.1, -0.05) is 0 Å². The SMILES string of the molecule is NS(=O)(=O)c1ccc(NC(=O)CCSc2ncnc3sc4c(c23)CCCC4)cc1. The molecule has 1 aliphatic carbocycles. The summed E-state index contributed by atoms with van der Waals surface area (Å²) in [6.45, 7) is 0. The molecule has 3 N–H and O–H groups in total. The number of carbonyl (C=O) groups is 1. The van der Waals surface area contributed by atoms with Gasteiger partial charge in [-0.3, -0.25) is 4.79 Å². The van der Waals surface area contributed by atoms with Gasteiger partial charge in [0.1, 0.15) is 16.2 Å². The number of thiophene rings is 1. The highest BCUT2D eigenvalue weighted by Gasteiger charge is 2.20. The normalized spacial score (nSPS) is 14.0. The van der Waals surface area contributed by atoms with Crippen LogP contribution in [0.2, 0.25) is 0 Å². The van der Waals surface area contributed by atoms with Crippen molar-refractivity contribution in [2.75, 3.05) is 11.1 Å². The quantitative estimate of drug-likeness (QED) is 0.441. The highest BCUT2D eigenvalue weighted by Crippen LogP contribution is 2.39. The molecule has 1 aromatic carbocycles. The first-order valence-electron chi connectivity index (χ1n) is 9.22. The van der Waals surface area contributed by atoms with Crippen molar-refractivity contribution in [3.05, 3.63) is 41.0 Å². The summed E-state index contributed by atoms with van der Waals surface area (Å²) < 4.78 is 22.6. The smallest absolute Gasteiger partial charge is 0.238 e. The highest BCUT2D eigenvalue weighted by atomic mass is 32.2. The minimum absolute atomic E-state index is 0.0120. The van der Waals surface area contributed by atoms with E-state index in [0.717, 1.165) is 28.1 Å². The number of sulfonamides is 1. The second-order valence-corrected chi connectivity index (χ2v) is 10.5. The molecule has 0 unspecified atom stereocenters. The molecule has 152 valence electrons. The first-order chi connectivity index (χ1) is 13.9. The lowest BCUT2D eigenvalue weighted by molar-refractivity contribution is -0.115. The van der Waals surface area contributed by atoms with Crippen LogP contribution in [0.1, 0.15) is 29.7 Å². The predicted molar refractivity (Wildman–Crippen MR) is 116 cm³/mol. The zero-order valence-electron chi connectivity index (χ0n) is 15.6. The van der Waals surface area contributed by atoms with Crippen LogP contribution in [0.4, 0.5) is 5.69 Å². The van der Waals surface area contributed by atoms with Crippen LogP contribution in [-0.4, -0.2) is 30.0 Å². The van der Waals surface area contributed by atoms with E-state index in [4.69, 9.17) is 5.14 Å². The summed E-state index contributed by atoms with van der Waals surface area (Å²) in [7, 11) is -3.74. The Hall–Kier alpha value is -2.01. The molecule has 0 fully saturated rings. The molecule has 3 aromatic rings. The largest absolute Gasteiger partial charge is 0.326 e. The molecule has 7 nitrogen and oxygen atoms in total. The van der Waals surface area contributed by atoms with Crippen molar-refractivity contribution in [3.8, 4) is 0 Å². The number of anilines is 1. The van der Waals surface area contributed by atoms with Crippen molar-refractivity contribution in [1.82, 2.24) is 9.97 Å². The average molecular weight is 449 g/mol. The maximum atomic E-state index is 12.2. The van der Waals surface area contributed by atoms with Crippen LogP contribution in [-0.2, 0) is 27.7 Å². The van der Waals surface area contributed by atoms with E-state index in [1.165, 1.54) is 47.5 Å². The molecule has 0 spiro atoms. The molecule has 0 atom stereocenters. The molecule has 2 aromatic heterocycles. The number of hydrogen-bond donors (Lipinski definition) is 2. The lowest BCUT2D eigenvalue weighted by atomic mass is 9.97. The standard InChI is InChI=1S/C19H20N4O3S3/c20-29(25,26)13-7-5-12(6-8-13)23-16(24)9-10-27-18-17-14-3-1-2-4-15(14)28-19(17)22-11-21-18/h5-8,11H,1-4,9-10H2,(H,23,24)(H2,20,25,26). The van der Waals surface area contributed by atoms with Crippen LogP contribution in [0.3, 0.4) is 0 Å². The van der Waals surface area contributed by atoms with Crippen molar-refractivity contribution >= 4 is 54.9 Å². The molecule has 2 heterocycles. The van der Waals surface area contributed by atoms with Crippen LogP contribution in [0.5, 0.6) is 0 Å². The summed E-state index contributed by atoms with van der Waals surface area (Å²) in [5.74, 6) is 0.455. The molecule has 0 saturated carbocycles. The number of carbonyl (C=O) groups excluding carboxylic acids is 1. The number of aromatic nitrogens is 2. The second kappa shape index (κ2) is 8.39. The molecule has 0 bridgehead atoms. The van der Waals surface area contributed by atoms with Crippen LogP contribution in [0, 0.1) is 0 Å². The predicted octanol–water partition coefficient (Wildman–Crippen LogP) is 3.34. The molecule has 0 radical (unpaired) electrons. The average Bonchev–Trinajstić information content (AvgIpc) is 3.07. The monoisotopic (exact) mass is 448 g/mol. The van der Waals surface area contributed by atoms with E-state index in [0.29, 0.717) is 17.9 Å². The summed E-state index contributed by atoms with van der Waals surface area (Å²) in [6.07, 6.45) is 6.54. The van der Waals surface area contributed by atoms with Crippen molar-refractivity contribution in [2.45, 2.75) is 42.0 Å². The number of primary sulfonamides is 1. The van der Waals surface area contributed by atoms with Gasteiger partial charge in [-0.2, -0.15) is 0 Å². The van der Waals surface area contributed by atoms with Crippen LogP contribution < -0.4 is 10.5 Å². The third-order valence-corrected chi connectivity index (χ3v) is 7.87. The van der Waals surface area contributed by atoms with Gasteiger partial charge in [0.15, 0.2) is 0 Å². The Balaban J connectivity index is 1.38. The first-order valence-corrected chi connectivity index (χ1v) is 12.6. The van der Waals surface area contributed by atoms with Crippen molar-refractivity contribution < 1.29 is 13.2 Å². The fourth-order valence-corrected chi connectivity index (χ4v) is 6.14. The Morgan fingerprint density at radius 1 is 1.17 bits per heavy atom. The van der Waals surface area contributed by atoms with Gasteiger partial charge < -0.3 is 5.32 Å². The highest BCUT2D eigenvalue weighted by molar-refractivity contribution is 7.99. The maximum Gasteiger partial charge on any atom is 0.238 e. The van der Waals surface area contributed by atoms with Gasteiger partial charge in [-0.15, -0.1) is 23.1 Å². The lowest BCUT2D eigenvalue weighted by Crippen LogP contribution is -2.14. The van der Waals surface area contributed by atoms with Gasteiger partial charge in [-0.25, -0.2) is 23.5 Å². The number of nitrogens with two attached hydrogens (primary N) is 1. The van der Waals surface area contributed by atoms with E-state index >= 15 is 0 Å². The zero-order valence-corrected chi connectivity index (χ0v) is 18.0. The molecule has 0 aliphatic heterocycles. The Morgan fingerprint density at radius 3 is 2.69 bits per heavy atom. The van der Waals surface area contributed by atoms with Crippen LogP contribution >= 0.6 is 23.1 Å². The van der Waals surface area contributed by atoms with Crippen LogP contribution in [0.15, 0.2) is 40.5 Å². The van der Waals surface area contributed by atoms with E-state index in [-0.39, 0.29) is 10.8 Å². The number of aryl methyl sites for hydroxylation is 2. The molecular formula is C19H20N4O3S3. The van der Waals surface area contributed by atoms with Gasteiger partial charge in [-0.05, 0) is 55.5 Å². The summed E-state index contributed by atoms with van der Waals surface area (Å²) in [6, 6.07) is 5.79. The van der Waals surface area contributed by atoms with E-state index in [1.807, 2.05) is 0 Å². The van der Waals surface area contributed by atoms with Crippen molar-refractivity contribution in [3.63, 3.8) is 0 Å². The van der Waals surface area contributed by atoms with E-state index in [1.54, 1.807) is 29.4 Å². The maximum absolute atomic E-state index is 12.2.